The Morgan fingerprint density at radius 1 is 1.19 bits per heavy atom. The van der Waals surface area contributed by atoms with Gasteiger partial charge in [0.25, 0.3) is 0 Å². The number of fused-ring (bicyclic) bond motifs is 2. The molecule has 0 atom stereocenters. The lowest BCUT2D eigenvalue weighted by molar-refractivity contribution is -0.136. The number of halogens is 1. The van der Waals surface area contributed by atoms with Gasteiger partial charge in [-0.1, -0.05) is 29.8 Å². The van der Waals surface area contributed by atoms with Gasteiger partial charge in [0.2, 0.25) is 0 Å². The van der Waals surface area contributed by atoms with Crippen molar-refractivity contribution in [2.75, 3.05) is 7.11 Å². The van der Waals surface area contributed by atoms with Gasteiger partial charge in [0, 0.05) is 28.1 Å². The summed E-state index contributed by atoms with van der Waals surface area (Å²) >= 11 is 6.04. The lowest BCUT2D eigenvalue weighted by Gasteiger charge is -2.17. The molecule has 2 aromatic carbocycles. The SMILES string of the molecule is COC(=O)/C1=C/c2ccccc2Oc2ccc(Cl)cc2C1. The molecule has 2 aromatic rings. The summed E-state index contributed by atoms with van der Waals surface area (Å²) in [6.07, 6.45) is 2.21. The predicted octanol–water partition coefficient (Wildman–Crippen LogP) is 4.24. The minimum Gasteiger partial charge on any atom is -0.466 e. The van der Waals surface area contributed by atoms with E-state index in [1.165, 1.54) is 7.11 Å². The molecule has 3 rings (SSSR count). The summed E-state index contributed by atoms with van der Waals surface area (Å²) in [6.45, 7) is 0. The van der Waals surface area contributed by atoms with Gasteiger partial charge in [-0.15, -0.1) is 0 Å². The van der Waals surface area contributed by atoms with E-state index in [9.17, 15) is 4.79 Å². The topological polar surface area (TPSA) is 35.5 Å². The van der Waals surface area contributed by atoms with Gasteiger partial charge in [0.1, 0.15) is 11.5 Å². The van der Waals surface area contributed by atoms with E-state index in [0.717, 1.165) is 11.1 Å². The zero-order chi connectivity index (χ0) is 14.8. The second-order valence-corrected chi connectivity index (χ2v) is 5.17. The van der Waals surface area contributed by atoms with E-state index in [-0.39, 0.29) is 5.97 Å². The molecule has 1 aliphatic heterocycles. The van der Waals surface area contributed by atoms with E-state index in [4.69, 9.17) is 21.1 Å². The van der Waals surface area contributed by atoms with Crippen molar-refractivity contribution in [3.05, 3.63) is 64.2 Å². The molecule has 0 N–H and O–H groups in total. The third-order valence-corrected chi connectivity index (χ3v) is 3.55. The standard InChI is InChI=1S/C17H13ClO3/c1-20-17(19)13-8-11-4-2-3-5-15(11)21-16-7-6-14(18)10-12(16)9-13/h2-8,10H,9H2,1H3/b13-8+. The van der Waals surface area contributed by atoms with Gasteiger partial charge < -0.3 is 9.47 Å². The number of esters is 1. The molecule has 106 valence electrons. The second-order valence-electron chi connectivity index (χ2n) is 4.73. The van der Waals surface area contributed by atoms with Crippen LogP contribution in [0.15, 0.2) is 48.0 Å². The van der Waals surface area contributed by atoms with Crippen LogP contribution < -0.4 is 4.74 Å². The molecule has 0 radical (unpaired) electrons. The first-order valence-corrected chi connectivity index (χ1v) is 6.89. The van der Waals surface area contributed by atoms with Crippen molar-refractivity contribution in [1.82, 2.24) is 0 Å². The van der Waals surface area contributed by atoms with Gasteiger partial charge in [-0.2, -0.15) is 0 Å². The fraction of sp³-hybridized carbons (Fsp3) is 0.118. The Balaban J connectivity index is 2.17. The van der Waals surface area contributed by atoms with Crippen LogP contribution in [0.2, 0.25) is 5.02 Å². The van der Waals surface area contributed by atoms with Crippen LogP contribution in [0.3, 0.4) is 0 Å². The van der Waals surface area contributed by atoms with Crippen molar-refractivity contribution in [2.45, 2.75) is 6.42 Å². The van der Waals surface area contributed by atoms with Gasteiger partial charge in [0.05, 0.1) is 7.11 Å². The monoisotopic (exact) mass is 300 g/mol. The molecule has 21 heavy (non-hydrogen) atoms. The number of methoxy groups -OCH3 is 1. The second kappa shape index (κ2) is 5.62. The molecular formula is C17H13ClO3. The van der Waals surface area contributed by atoms with Crippen molar-refractivity contribution in [3.8, 4) is 11.5 Å². The van der Waals surface area contributed by atoms with E-state index < -0.39 is 0 Å². The van der Waals surface area contributed by atoms with Crippen LogP contribution >= 0.6 is 11.6 Å². The molecule has 0 fully saturated rings. The van der Waals surface area contributed by atoms with E-state index in [1.54, 1.807) is 12.1 Å². The fourth-order valence-corrected chi connectivity index (χ4v) is 2.50. The minimum atomic E-state index is -0.349. The molecule has 0 bridgehead atoms. The first kappa shape index (κ1) is 13.7. The molecule has 1 heterocycles. The Morgan fingerprint density at radius 3 is 2.81 bits per heavy atom. The number of carbonyl (C=O) groups excluding carboxylic acids is 1. The van der Waals surface area contributed by atoms with Crippen LogP contribution in [0, 0.1) is 0 Å². The summed E-state index contributed by atoms with van der Waals surface area (Å²) in [5, 5.41) is 0.607. The van der Waals surface area contributed by atoms with E-state index in [0.29, 0.717) is 28.5 Å². The molecule has 1 aliphatic rings. The summed E-state index contributed by atoms with van der Waals surface area (Å²) < 4.78 is 10.8. The predicted molar refractivity (Wildman–Crippen MR) is 81.7 cm³/mol. The maximum absolute atomic E-state index is 12.0. The summed E-state index contributed by atoms with van der Waals surface area (Å²) in [5.74, 6) is 1.04. The summed E-state index contributed by atoms with van der Waals surface area (Å²) in [7, 11) is 1.38. The number of para-hydroxylation sites is 1. The summed E-state index contributed by atoms with van der Waals surface area (Å²) in [5.41, 5.74) is 2.27. The van der Waals surface area contributed by atoms with Crippen molar-refractivity contribution in [2.24, 2.45) is 0 Å². The number of rotatable bonds is 1. The van der Waals surface area contributed by atoms with E-state index in [1.807, 2.05) is 36.4 Å². The lowest BCUT2D eigenvalue weighted by atomic mass is 10.00. The zero-order valence-corrected chi connectivity index (χ0v) is 12.2. The van der Waals surface area contributed by atoms with Crippen molar-refractivity contribution in [3.63, 3.8) is 0 Å². The highest BCUT2D eigenvalue weighted by Gasteiger charge is 2.18. The van der Waals surface area contributed by atoms with Crippen LogP contribution in [0.4, 0.5) is 0 Å². The Labute approximate surface area is 127 Å². The summed E-state index contributed by atoms with van der Waals surface area (Å²) in [4.78, 5) is 12.0. The molecule has 0 amide bonds. The third-order valence-electron chi connectivity index (χ3n) is 3.32. The van der Waals surface area contributed by atoms with Crippen LogP contribution in [-0.4, -0.2) is 13.1 Å². The first-order valence-electron chi connectivity index (χ1n) is 6.51. The maximum Gasteiger partial charge on any atom is 0.334 e. The van der Waals surface area contributed by atoms with Crippen molar-refractivity contribution >= 4 is 23.6 Å². The van der Waals surface area contributed by atoms with Crippen LogP contribution in [0.1, 0.15) is 11.1 Å². The molecule has 0 unspecified atom stereocenters. The quantitative estimate of drug-likeness (QED) is 0.739. The summed E-state index contributed by atoms with van der Waals surface area (Å²) in [6, 6.07) is 13.0. The Hall–Kier alpha value is -2.26. The van der Waals surface area contributed by atoms with Crippen LogP contribution in [-0.2, 0) is 16.0 Å². The lowest BCUT2D eigenvalue weighted by Crippen LogP contribution is -2.09. The Bertz CT molecular complexity index is 735. The van der Waals surface area contributed by atoms with Gasteiger partial charge >= 0.3 is 5.97 Å². The molecule has 0 spiro atoms. The smallest absolute Gasteiger partial charge is 0.334 e. The Kier molecular flexibility index (Phi) is 3.67. The fourth-order valence-electron chi connectivity index (χ4n) is 2.30. The van der Waals surface area contributed by atoms with Crippen molar-refractivity contribution in [1.29, 1.82) is 0 Å². The number of hydrogen-bond donors (Lipinski definition) is 0. The largest absolute Gasteiger partial charge is 0.466 e. The number of hydrogen-bond acceptors (Lipinski definition) is 3. The average molecular weight is 301 g/mol. The molecule has 4 heteroatoms. The molecule has 0 aliphatic carbocycles. The Morgan fingerprint density at radius 2 is 2.00 bits per heavy atom. The highest BCUT2D eigenvalue weighted by Crippen LogP contribution is 2.35. The van der Waals surface area contributed by atoms with E-state index in [2.05, 4.69) is 0 Å². The molecule has 0 aromatic heterocycles. The van der Waals surface area contributed by atoms with Crippen LogP contribution in [0.25, 0.3) is 6.08 Å². The minimum absolute atomic E-state index is 0.349. The van der Waals surface area contributed by atoms with Gasteiger partial charge in [-0.25, -0.2) is 4.79 Å². The molecule has 0 saturated heterocycles. The number of carbonyl (C=O) groups is 1. The zero-order valence-electron chi connectivity index (χ0n) is 11.4. The maximum atomic E-state index is 12.0. The normalized spacial score (nSPS) is 15.4. The van der Waals surface area contributed by atoms with Gasteiger partial charge in [0.15, 0.2) is 0 Å². The van der Waals surface area contributed by atoms with E-state index >= 15 is 0 Å². The highest BCUT2D eigenvalue weighted by atomic mass is 35.5. The number of ether oxygens (including phenoxy) is 2. The average Bonchev–Trinajstić information content (AvgIpc) is 2.47. The molecule has 3 nitrogen and oxygen atoms in total. The molecule has 0 saturated carbocycles. The molecular weight excluding hydrogens is 288 g/mol. The highest BCUT2D eigenvalue weighted by molar-refractivity contribution is 6.30. The number of benzene rings is 2. The van der Waals surface area contributed by atoms with Crippen LogP contribution in [0.5, 0.6) is 11.5 Å². The van der Waals surface area contributed by atoms with Crippen molar-refractivity contribution < 1.29 is 14.3 Å². The first-order chi connectivity index (χ1) is 10.2. The third kappa shape index (κ3) is 2.78. The van der Waals surface area contributed by atoms with Gasteiger partial charge in [-0.3, -0.25) is 0 Å². The van der Waals surface area contributed by atoms with Gasteiger partial charge in [-0.05, 0) is 30.3 Å².